The molecule has 0 atom stereocenters. The summed E-state index contributed by atoms with van der Waals surface area (Å²) in [6.45, 7) is 2.17. The smallest absolute Gasteiger partial charge is 0.224 e. The molecule has 2 heterocycles. The first-order chi connectivity index (χ1) is 9.80. The van der Waals surface area contributed by atoms with Crippen molar-refractivity contribution in [2.45, 2.75) is 23.3 Å². The van der Waals surface area contributed by atoms with Crippen molar-refractivity contribution in [1.29, 1.82) is 0 Å². The van der Waals surface area contributed by atoms with Crippen LogP contribution in [0.4, 0.5) is 5.95 Å². The molecule has 0 saturated heterocycles. The Bertz CT molecular complexity index is 723. The first-order valence-electron chi connectivity index (χ1n) is 6.51. The predicted octanol–water partition coefficient (Wildman–Crippen LogP) is 4.45. The van der Waals surface area contributed by atoms with E-state index < -0.39 is 0 Å². The highest BCUT2D eigenvalue weighted by Gasteiger charge is 2.12. The lowest BCUT2D eigenvalue weighted by Gasteiger charge is -2.05. The van der Waals surface area contributed by atoms with Crippen molar-refractivity contribution in [1.82, 2.24) is 9.97 Å². The summed E-state index contributed by atoms with van der Waals surface area (Å²) >= 11 is 3.43. The minimum Gasteiger partial charge on any atom is -0.357 e. The summed E-state index contributed by atoms with van der Waals surface area (Å²) in [7, 11) is 1.85. The number of rotatable bonds is 4. The zero-order valence-electron chi connectivity index (χ0n) is 11.4. The first-order valence-corrected chi connectivity index (χ1v) is 8.14. The van der Waals surface area contributed by atoms with Gasteiger partial charge in [-0.1, -0.05) is 36.9 Å². The molecular formula is C15H15N3S2. The van der Waals surface area contributed by atoms with Crippen molar-refractivity contribution in [3.05, 3.63) is 41.3 Å². The van der Waals surface area contributed by atoms with Crippen molar-refractivity contribution < 1.29 is 0 Å². The Balaban J connectivity index is 2.09. The second-order valence-corrected chi connectivity index (χ2v) is 6.48. The topological polar surface area (TPSA) is 37.8 Å². The average molecular weight is 301 g/mol. The monoisotopic (exact) mass is 301 g/mol. The third kappa shape index (κ3) is 2.64. The summed E-state index contributed by atoms with van der Waals surface area (Å²) < 4.78 is 0. The van der Waals surface area contributed by atoms with Gasteiger partial charge in [0.25, 0.3) is 0 Å². The van der Waals surface area contributed by atoms with Crippen LogP contribution in [0.1, 0.15) is 11.8 Å². The van der Waals surface area contributed by atoms with E-state index in [4.69, 9.17) is 0 Å². The number of nitrogens with zero attached hydrogens (tertiary/aromatic N) is 2. The van der Waals surface area contributed by atoms with Gasteiger partial charge in [0.15, 0.2) is 0 Å². The molecular weight excluding hydrogens is 286 g/mol. The van der Waals surface area contributed by atoms with E-state index >= 15 is 0 Å². The Labute approximate surface area is 126 Å². The Morgan fingerprint density at radius 3 is 2.70 bits per heavy atom. The fraction of sp³-hybridized carbons (Fsp3) is 0.200. The highest BCUT2D eigenvalue weighted by molar-refractivity contribution is 7.99. The van der Waals surface area contributed by atoms with E-state index in [1.165, 1.54) is 9.77 Å². The Hall–Kier alpha value is -1.59. The maximum absolute atomic E-state index is 4.61. The van der Waals surface area contributed by atoms with Crippen LogP contribution in [-0.4, -0.2) is 17.0 Å². The van der Waals surface area contributed by atoms with Crippen LogP contribution in [0.15, 0.2) is 46.3 Å². The fourth-order valence-corrected chi connectivity index (χ4v) is 3.86. The molecule has 5 heteroatoms. The lowest BCUT2D eigenvalue weighted by atomic mass is 10.3. The summed E-state index contributed by atoms with van der Waals surface area (Å²) in [5, 5.41) is 5.21. The average Bonchev–Trinajstić information content (AvgIpc) is 2.91. The second-order valence-electron chi connectivity index (χ2n) is 4.30. The van der Waals surface area contributed by atoms with E-state index in [9.17, 15) is 0 Å². The lowest BCUT2D eigenvalue weighted by Crippen LogP contribution is -1.96. The van der Waals surface area contributed by atoms with Crippen molar-refractivity contribution >= 4 is 39.3 Å². The molecule has 0 unspecified atom stereocenters. The normalized spacial score (nSPS) is 10.9. The number of hydrogen-bond donors (Lipinski definition) is 1. The zero-order valence-corrected chi connectivity index (χ0v) is 13.0. The molecule has 20 heavy (non-hydrogen) atoms. The Morgan fingerprint density at radius 2 is 2.00 bits per heavy atom. The van der Waals surface area contributed by atoms with Crippen LogP contribution in [0.3, 0.4) is 0 Å². The highest BCUT2D eigenvalue weighted by atomic mass is 32.2. The maximum Gasteiger partial charge on any atom is 0.224 e. The number of hydrogen-bond acceptors (Lipinski definition) is 5. The molecule has 0 spiro atoms. The molecule has 1 aromatic carbocycles. The predicted molar refractivity (Wildman–Crippen MR) is 86.9 cm³/mol. The van der Waals surface area contributed by atoms with Gasteiger partial charge >= 0.3 is 0 Å². The second kappa shape index (κ2) is 5.81. The number of benzene rings is 1. The van der Waals surface area contributed by atoms with E-state index in [0.29, 0.717) is 5.95 Å². The van der Waals surface area contributed by atoms with Crippen molar-refractivity contribution in [3.8, 4) is 0 Å². The molecule has 1 N–H and O–H groups in total. The van der Waals surface area contributed by atoms with Crippen LogP contribution in [0.5, 0.6) is 0 Å². The molecule has 0 aliphatic rings. The molecule has 0 saturated carbocycles. The minimum atomic E-state index is 0.681. The standard InChI is InChI=1S/C15H15N3S2/c1-3-10-9-12-13(19-10)17-15(16-2)18-14(12)20-11-7-5-4-6-8-11/h4-9H,3H2,1-2H3,(H,16,17,18). The van der Waals surface area contributed by atoms with Gasteiger partial charge in [-0.3, -0.25) is 0 Å². The molecule has 0 bridgehead atoms. The van der Waals surface area contributed by atoms with Gasteiger partial charge in [0.05, 0.1) is 0 Å². The van der Waals surface area contributed by atoms with Gasteiger partial charge in [-0.25, -0.2) is 9.97 Å². The quantitative estimate of drug-likeness (QED) is 0.723. The number of thiophene rings is 1. The third-order valence-electron chi connectivity index (χ3n) is 2.94. The van der Waals surface area contributed by atoms with Crippen molar-refractivity contribution in [3.63, 3.8) is 0 Å². The molecule has 0 aliphatic carbocycles. The first kappa shape index (κ1) is 13.4. The molecule has 3 nitrogen and oxygen atoms in total. The molecule has 0 aliphatic heterocycles. The summed E-state index contributed by atoms with van der Waals surface area (Å²) in [6, 6.07) is 12.5. The van der Waals surface area contributed by atoms with Crippen molar-refractivity contribution in [2.75, 3.05) is 12.4 Å². The molecule has 3 rings (SSSR count). The van der Waals surface area contributed by atoms with E-state index in [0.717, 1.165) is 21.7 Å². The Morgan fingerprint density at radius 1 is 1.20 bits per heavy atom. The van der Waals surface area contributed by atoms with Gasteiger partial charge in [0.1, 0.15) is 9.86 Å². The van der Waals surface area contributed by atoms with Gasteiger partial charge in [0.2, 0.25) is 5.95 Å². The molecule has 0 radical (unpaired) electrons. The summed E-state index contributed by atoms with van der Waals surface area (Å²) in [5.74, 6) is 0.681. The molecule has 0 amide bonds. The number of fused-ring (bicyclic) bond motifs is 1. The van der Waals surface area contributed by atoms with Crippen molar-refractivity contribution in [2.24, 2.45) is 0 Å². The Kier molecular flexibility index (Phi) is 3.89. The van der Waals surface area contributed by atoms with E-state index in [-0.39, 0.29) is 0 Å². The largest absolute Gasteiger partial charge is 0.357 e. The van der Waals surface area contributed by atoms with Gasteiger partial charge in [-0.2, -0.15) is 0 Å². The zero-order chi connectivity index (χ0) is 13.9. The van der Waals surface area contributed by atoms with E-state index in [1.807, 2.05) is 25.2 Å². The summed E-state index contributed by atoms with van der Waals surface area (Å²) in [6.07, 6.45) is 1.03. The third-order valence-corrected chi connectivity index (χ3v) is 5.12. The van der Waals surface area contributed by atoms with Gasteiger partial charge in [-0.05, 0) is 24.6 Å². The maximum atomic E-state index is 4.61. The number of aromatic nitrogens is 2. The van der Waals surface area contributed by atoms with Crippen LogP contribution in [0, 0.1) is 0 Å². The number of anilines is 1. The summed E-state index contributed by atoms with van der Waals surface area (Å²) in [5.41, 5.74) is 0. The number of nitrogens with one attached hydrogen (secondary N) is 1. The molecule has 3 aromatic rings. The van der Waals surface area contributed by atoms with Crippen LogP contribution >= 0.6 is 23.1 Å². The highest BCUT2D eigenvalue weighted by Crippen LogP contribution is 2.35. The van der Waals surface area contributed by atoms with E-state index in [2.05, 4.69) is 40.4 Å². The van der Waals surface area contributed by atoms with Gasteiger partial charge in [-0.15, -0.1) is 11.3 Å². The van der Waals surface area contributed by atoms with Crippen LogP contribution in [-0.2, 0) is 6.42 Å². The fourth-order valence-electron chi connectivity index (χ4n) is 1.91. The van der Waals surface area contributed by atoms with Crippen LogP contribution in [0.25, 0.3) is 10.2 Å². The lowest BCUT2D eigenvalue weighted by molar-refractivity contribution is 1.10. The number of aryl methyl sites for hydroxylation is 1. The van der Waals surface area contributed by atoms with E-state index in [1.54, 1.807) is 23.1 Å². The summed E-state index contributed by atoms with van der Waals surface area (Å²) in [4.78, 5) is 12.8. The molecule has 102 valence electrons. The van der Waals surface area contributed by atoms with Gasteiger partial charge < -0.3 is 5.32 Å². The molecule has 2 aromatic heterocycles. The van der Waals surface area contributed by atoms with Crippen LogP contribution in [0.2, 0.25) is 0 Å². The van der Waals surface area contributed by atoms with Crippen LogP contribution < -0.4 is 5.32 Å². The minimum absolute atomic E-state index is 0.681. The molecule has 0 fully saturated rings. The van der Waals surface area contributed by atoms with Gasteiger partial charge in [0, 0.05) is 22.2 Å². The SMILES string of the molecule is CCc1cc2c(Sc3ccccc3)nc(NC)nc2s1.